The van der Waals surface area contributed by atoms with E-state index in [2.05, 4.69) is 22.9 Å². The zero-order chi connectivity index (χ0) is 28.6. The minimum atomic E-state index is -0.823. The highest BCUT2D eigenvalue weighted by Gasteiger charge is 2.21. The summed E-state index contributed by atoms with van der Waals surface area (Å²) in [6.07, 6.45) is 16.5. The molecule has 1 aromatic carbocycles. The van der Waals surface area contributed by atoms with E-state index in [1.807, 2.05) is 30.3 Å². The summed E-state index contributed by atoms with van der Waals surface area (Å²) >= 11 is 5.46. The Labute approximate surface area is 240 Å². The molecular formula is C30H50N4O4S. The van der Waals surface area contributed by atoms with Crippen LogP contribution in [0.5, 0.6) is 0 Å². The number of unbranched alkanes of at least 4 members (excludes halogenated alkanes) is 11. The molecule has 1 atom stereocenters. The molecule has 0 bridgehead atoms. The number of benzene rings is 1. The number of primary amides is 1. The van der Waals surface area contributed by atoms with Crippen LogP contribution in [-0.2, 0) is 20.9 Å². The molecule has 0 saturated heterocycles. The molecule has 0 unspecified atom stereocenters. The Bertz CT molecular complexity index is 822. The lowest BCUT2D eigenvalue weighted by atomic mass is 10.1. The summed E-state index contributed by atoms with van der Waals surface area (Å²) in [5.74, 6) is -1.12. The molecule has 39 heavy (non-hydrogen) atoms. The fraction of sp³-hybridized carbons (Fsp3) is 0.667. The third kappa shape index (κ3) is 20.0. The van der Waals surface area contributed by atoms with Crippen molar-refractivity contribution in [3.8, 4) is 0 Å². The summed E-state index contributed by atoms with van der Waals surface area (Å²) in [6, 6.07) is 8.46. The topological polar surface area (TPSA) is 123 Å². The van der Waals surface area contributed by atoms with Gasteiger partial charge in [0.1, 0.15) is 12.6 Å². The van der Waals surface area contributed by atoms with Gasteiger partial charge < -0.3 is 26.4 Å². The highest BCUT2D eigenvalue weighted by atomic mass is 32.1. The van der Waals surface area contributed by atoms with Gasteiger partial charge in [-0.1, -0.05) is 114 Å². The van der Waals surface area contributed by atoms with Crippen LogP contribution in [0.4, 0.5) is 4.79 Å². The van der Waals surface area contributed by atoms with Crippen molar-refractivity contribution < 1.29 is 19.1 Å². The molecule has 0 aliphatic heterocycles. The number of nitrogens with two attached hydrogens (primary N) is 1. The van der Waals surface area contributed by atoms with E-state index in [4.69, 9.17) is 22.7 Å². The Morgan fingerprint density at radius 2 is 1.46 bits per heavy atom. The molecule has 5 N–H and O–H groups in total. The van der Waals surface area contributed by atoms with Gasteiger partial charge in [0, 0.05) is 6.54 Å². The first-order chi connectivity index (χ1) is 18.9. The molecule has 220 valence electrons. The van der Waals surface area contributed by atoms with Gasteiger partial charge in [0.2, 0.25) is 11.8 Å². The van der Waals surface area contributed by atoms with Crippen LogP contribution in [0, 0.1) is 0 Å². The van der Waals surface area contributed by atoms with Gasteiger partial charge >= 0.3 is 6.09 Å². The molecule has 9 heteroatoms. The van der Waals surface area contributed by atoms with Crippen LogP contribution in [-0.4, -0.2) is 42.0 Å². The third-order valence-corrected chi connectivity index (χ3v) is 6.86. The zero-order valence-electron chi connectivity index (χ0n) is 23.8. The molecule has 0 aliphatic carbocycles. The molecule has 1 rings (SSSR count). The number of hydrogen-bond donors (Lipinski definition) is 4. The largest absolute Gasteiger partial charge is 0.445 e. The highest BCUT2D eigenvalue weighted by molar-refractivity contribution is 7.80. The van der Waals surface area contributed by atoms with Crippen molar-refractivity contribution in [1.29, 1.82) is 0 Å². The van der Waals surface area contributed by atoms with E-state index in [1.165, 1.54) is 64.2 Å². The predicted molar refractivity (Wildman–Crippen MR) is 161 cm³/mol. The smallest absolute Gasteiger partial charge is 0.408 e. The van der Waals surface area contributed by atoms with Crippen LogP contribution in [0.2, 0.25) is 0 Å². The van der Waals surface area contributed by atoms with Crippen LogP contribution in [0.1, 0.15) is 109 Å². The number of nitrogens with one attached hydrogen (secondary N) is 3. The molecule has 0 radical (unpaired) electrons. The first kappa shape index (κ1) is 34.3. The van der Waals surface area contributed by atoms with Gasteiger partial charge in [0.25, 0.3) is 0 Å². The van der Waals surface area contributed by atoms with Gasteiger partial charge in [-0.25, -0.2) is 4.79 Å². The number of rotatable bonds is 23. The van der Waals surface area contributed by atoms with Crippen molar-refractivity contribution in [2.45, 2.75) is 116 Å². The van der Waals surface area contributed by atoms with E-state index >= 15 is 0 Å². The summed E-state index contributed by atoms with van der Waals surface area (Å²) in [5, 5.41) is 8.36. The van der Waals surface area contributed by atoms with Crippen LogP contribution in [0.15, 0.2) is 30.3 Å². The molecule has 3 amide bonds. The summed E-state index contributed by atoms with van der Waals surface area (Å²) in [7, 11) is 0. The van der Waals surface area contributed by atoms with Crippen molar-refractivity contribution in [3.05, 3.63) is 35.9 Å². The summed E-state index contributed by atoms with van der Waals surface area (Å²) in [6.45, 7) is 2.78. The zero-order valence-corrected chi connectivity index (χ0v) is 24.6. The molecule has 0 aromatic heterocycles. The van der Waals surface area contributed by atoms with Crippen LogP contribution in [0.3, 0.4) is 0 Å². The summed E-state index contributed by atoms with van der Waals surface area (Å²) in [5.41, 5.74) is 5.97. The quantitative estimate of drug-likeness (QED) is 0.101. The van der Waals surface area contributed by atoms with E-state index in [0.717, 1.165) is 29.8 Å². The van der Waals surface area contributed by atoms with Gasteiger partial charge in [-0.2, -0.15) is 0 Å². The van der Waals surface area contributed by atoms with Crippen molar-refractivity contribution >= 4 is 35.1 Å². The normalized spacial score (nSPS) is 11.4. The maximum Gasteiger partial charge on any atom is 0.408 e. The molecule has 0 spiro atoms. The Morgan fingerprint density at radius 3 is 2.08 bits per heavy atom. The first-order valence-electron chi connectivity index (χ1n) is 14.7. The van der Waals surface area contributed by atoms with Crippen molar-refractivity contribution in [2.75, 3.05) is 13.1 Å². The molecule has 0 saturated carbocycles. The lowest BCUT2D eigenvalue weighted by molar-refractivity contribution is -0.126. The van der Waals surface area contributed by atoms with Crippen molar-refractivity contribution in [2.24, 2.45) is 5.73 Å². The maximum absolute atomic E-state index is 12.5. The van der Waals surface area contributed by atoms with Gasteiger partial charge in [-0.3, -0.25) is 9.59 Å². The number of carbonyl (C=O) groups is 3. The summed E-state index contributed by atoms with van der Waals surface area (Å²) < 4.78 is 5.23. The monoisotopic (exact) mass is 562 g/mol. The van der Waals surface area contributed by atoms with Gasteiger partial charge in [-0.05, 0) is 37.7 Å². The maximum atomic E-state index is 12.5. The SMILES string of the molecule is CCCCCCCCCCCCCC(=S)NCCCC[C@H](NC(=O)OCc1ccccc1)C(=O)NCC(N)=O. The van der Waals surface area contributed by atoms with E-state index in [9.17, 15) is 14.4 Å². The van der Waals surface area contributed by atoms with E-state index in [0.29, 0.717) is 19.4 Å². The van der Waals surface area contributed by atoms with Crippen molar-refractivity contribution in [1.82, 2.24) is 16.0 Å². The summed E-state index contributed by atoms with van der Waals surface area (Å²) in [4.78, 5) is 36.7. The standard InChI is InChI=1S/C30H50N4O4S/c1-2-3-4-5-6-7-8-9-10-11-15-21-28(39)32-22-17-16-20-26(29(36)33-23-27(31)35)34-30(37)38-24-25-18-13-12-14-19-25/h12-14,18-19,26H,2-11,15-17,20-24H2,1H3,(H2,31,35)(H,32,39)(H,33,36)(H,34,37)/t26-/m0/s1. The predicted octanol–water partition coefficient (Wildman–Crippen LogP) is 5.67. The van der Waals surface area contributed by atoms with Gasteiger partial charge in [0.15, 0.2) is 0 Å². The van der Waals surface area contributed by atoms with Crippen LogP contribution < -0.4 is 21.7 Å². The third-order valence-electron chi connectivity index (χ3n) is 6.51. The van der Waals surface area contributed by atoms with E-state index in [-0.39, 0.29) is 13.2 Å². The highest BCUT2D eigenvalue weighted by Crippen LogP contribution is 2.12. The fourth-order valence-corrected chi connectivity index (χ4v) is 4.46. The van der Waals surface area contributed by atoms with Crippen LogP contribution >= 0.6 is 12.2 Å². The van der Waals surface area contributed by atoms with Gasteiger partial charge in [-0.15, -0.1) is 0 Å². The molecular weight excluding hydrogens is 512 g/mol. The Kier molecular flexibility index (Phi) is 20.5. The minimum Gasteiger partial charge on any atom is -0.445 e. The molecule has 0 aliphatic rings. The fourth-order valence-electron chi connectivity index (χ4n) is 4.21. The second kappa shape index (κ2) is 23.2. The van der Waals surface area contributed by atoms with Crippen LogP contribution in [0.25, 0.3) is 0 Å². The Morgan fingerprint density at radius 1 is 0.846 bits per heavy atom. The first-order valence-corrected chi connectivity index (χ1v) is 15.1. The van der Waals surface area contributed by atoms with E-state index in [1.54, 1.807) is 0 Å². The minimum absolute atomic E-state index is 0.1000. The molecule has 1 aromatic rings. The number of alkyl carbamates (subject to hydrolysis) is 1. The molecule has 0 heterocycles. The number of amides is 3. The average Bonchev–Trinajstić information content (AvgIpc) is 2.93. The second-order valence-electron chi connectivity index (χ2n) is 10.1. The second-order valence-corrected chi connectivity index (χ2v) is 10.6. The van der Waals surface area contributed by atoms with E-state index < -0.39 is 23.9 Å². The number of carbonyl (C=O) groups excluding carboxylic acids is 3. The lowest BCUT2D eigenvalue weighted by Gasteiger charge is -2.18. The number of hydrogen-bond acceptors (Lipinski definition) is 5. The molecule has 8 nitrogen and oxygen atoms in total. The molecule has 0 fully saturated rings. The van der Waals surface area contributed by atoms with Crippen molar-refractivity contribution in [3.63, 3.8) is 0 Å². The Balaban J connectivity index is 2.19. The average molecular weight is 563 g/mol. The lowest BCUT2D eigenvalue weighted by Crippen LogP contribution is -2.48. The van der Waals surface area contributed by atoms with Gasteiger partial charge in [0.05, 0.1) is 11.5 Å². The Hall–Kier alpha value is -2.68. The number of ether oxygens (including phenoxy) is 1. The number of thiocarbonyl (C=S) groups is 1.